The second kappa shape index (κ2) is 9.22. The van der Waals surface area contributed by atoms with Crippen LogP contribution in [0.1, 0.15) is 57.2 Å². The molecule has 29 heavy (non-hydrogen) atoms. The Balaban J connectivity index is 1.78. The van der Waals surface area contributed by atoms with Crippen LogP contribution in [0.25, 0.3) is 0 Å². The quantitative estimate of drug-likeness (QED) is 0.704. The van der Waals surface area contributed by atoms with E-state index in [2.05, 4.69) is 20.5 Å². The Morgan fingerprint density at radius 3 is 2.69 bits per heavy atom. The Morgan fingerprint density at radius 1 is 1.17 bits per heavy atom. The van der Waals surface area contributed by atoms with Crippen LogP contribution in [0.15, 0.2) is 18.2 Å². The molecule has 0 atom stereocenters. The van der Waals surface area contributed by atoms with E-state index in [-0.39, 0.29) is 11.8 Å². The third-order valence-electron chi connectivity index (χ3n) is 5.23. The topological polar surface area (TPSA) is 79.3 Å². The molecule has 1 aromatic heterocycles. The maximum absolute atomic E-state index is 13.0. The number of amides is 2. The zero-order chi connectivity index (χ0) is 21.0. The van der Waals surface area contributed by atoms with Gasteiger partial charge in [-0.25, -0.2) is 4.98 Å². The molecular formula is C22H31N5O2. The van der Waals surface area contributed by atoms with Crippen LogP contribution in [0.2, 0.25) is 0 Å². The van der Waals surface area contributed by atoms with Crippen LogP contribution in [0.5, 0.6) is 0 Å². The molecule has 2 N–H and O–H groups in total. The molecule has 0 aliphatic carbocycles. The van der Waals surface area contributed by atoms with Gasteiger partial charge in [0.1, 0.15) is 0 Å². The number of aromatic nitrogens is 2. The number of benzene rings is 1. The zero-order valence-corrected chi connectivity index (χ0v) is 17.8. The standard InChI is InChI=1S/C22H31N5O2/c1-15-9-10-17(16(2)14-15)24-21(28)19-18-8-5-6-13-27(18)20(25-19)22(29)23-11-7-12-26(3)4/h9-10,14H,5-8,11-13H2,1-4H3,(H,23,29)(H,24,28). The van der Waals surface area contributed by atoms with Crippen molar-refractivity contribution < 1.29 is 9.59 Å². The molecule has 1 aliphatic rings. The maximum atomic E-state index is 13.0. The van der Waals surface area contributed by atoms with Crippen molar-refractivity contribution in [2.24, 2.45) is 0 Å². The van der Waals surface area contributed by atoms with Crippen LogP contribution < -0.4 is 10.6 Å². The van der Waals surface area contributed by atoms with E-state index in [1.54, 1.807) is 0 Å². The number of nitrogens with zero attached hydrogens (tertiary/aromatic N) is 3. The Hall–Kier alpha value is -2.67. The Kier molecular flexibility index (Phi) is 6.69. The first-order chi connectivity index (χ1) is 13.9. The molecule has 156 valence electrons. The molecular weight excluding hydrogens is 366 g/mol. The summed E-state index contributed by atoms with van der Waals surface area (Å²) >= 11 is 0. The molecule has 1 aromatic carbocycles. The van der Waals surface area contributed by atoms with E-state index in [0.717, 1.165) is 61.3 Å². The summed E-state index contributed by atoms with van der Waals surface area (Å²) in [6.07, 6.45) is 3.62. The molecule has 0 bridgehead atoms. The lowest BCUT2D eigenvalue weighted by molar-refractivity contribution is 0.0936. The predicted octanol–water partition coefficient (Wildman–Crippen LogP) is 2.77. The molecule has 0 saturated heterocycles. The molecule has 0 spiro atoms. The van der Waals surface area contributed by atoms with Crippen LogP contribution >= 0.6 is 0 Å². The lowest BCUT2D eigenvalue weighted by atomic mass is 10.1. The molecule has 1 aliphatic heterocycles. The summed E-state index contributed by atoms with van der Waals surface area (Å²) in [5.74, 6) is -0.123. The largest absolute Gasteiger partial charge is 0.349 e. The van der Waals surface area contributed by atoms with E-state index in [1.807, 2.05) is 50.7 Å². The van der Waals surface area contributed by atoms with Crippen LogP contribution in [0.3, 0.4) is 0 Å². The van der Waals surface area contributed by atoms with E-state index in [4.69, 9.17) is 0 Å². The number of aryl methyl sites for hydroxylation is 2. The summed E-state index contributed by atoms with van der Waals surface area (Å²) in [5.41, 5.74) is 4.14. The summed E-state index contributed by atoms with van der Waals surface area (Å²) < 4.78 is 1.92. The minimum atomic E-state index is -0.255. The van der Waals surface area contributed by atoms with Gasteiger partial charge in [0.25, 0.3) is 11.8 Å². The van der Waals surface area contributed by atoms with E-state index in [0.29, 0.717) is 18.1 Å². The summed E-state index contributed by atoms with van der Waals surface area (Å²) in [7, 11) is 4.01. The van der Waals surface area contributed by atoms with Crippen molar-refractivity contribution in [3.8, 4) is 0 Å². The normalized spacial score (nSPS) is 13.3. The van der Waals surface area contributed by atoms with E-state index in [1.165, 1.54) is 0 Å². The molecule has 0 saturated carbocycles. The van der Waals surface area contributed by atoms with Crippen LogP contribution in [-0.2, 0) is 13.0 Å². The number of hydrogen-bond donors (Lipinski definition) is 2. The molecule has 0 radical (unpaired) electrons. The SMILES string of the molecule is Cc1ccc(NC(=O)c2nc(C(=O)NCCCN(C)C)n3c2CCCC3)c(C)c1. The molecule has 7 heteroatoms. The highest BCUT2D eigenvalue weighted by Crippen LogP contribution is 2.23. The first kappa shape index (κ1) is 21.0. The predicted molar refractivity (Wildman–Crippen MR) is 115 cm³/mol. The molecule has 0 unspecified atom stereocenters. The fourth-order valence-electron chi connectivity index (χ4n) is 3.71. The van der Waals surface area contributed by atoms with Crippen molar-refractivity contribution in [3.05, 3.63) is 46.5 Å². The molecule has 3 rings (SSSR count). The van der Waals surface area contributed by atoms with Crippen molar-refractivity contribution in [2.75, 3.05) is 32.5 Å². The Labute approximate surface area is 172 Å². The molecule has 2 aromatic rings. The lowest BCUT2D eigenvalue weighted by Gasteiger charge is -2.17. The lowest BCUT2D eigenvalue weighted by Crippen LogP contribution is -2.30. The van der Waals surface area contributed by atoms with E-state index >= 15 is 0 Å². The van der Waals surface area contributed by atoms with Gasteiger partial charge < -0.3 is 20.1 Å². The molecule has 0 fully saturated rings. The van der Waals surface area contributed by atoms with Crippen LogP contribution in [0.4, 0.5) is 5.69 Å². The number of nitrogens with one attached hydrogen (secondary N) is 2. The van der Waals surface area contributed by atoms with Gasteiger partial charge in [0.15, 0.2) is 11.5 Å². The van der Waals surface area contributed by atoms with Gasteiger partial charge in [0, 0.05) is 18.8 Å². The fraction of sp³-hybridized carbons (Fsp3) is 0.500. The molecule has 7 nitrogen and oxygen atoms in total. The average Bonchev–Trinajstić information content (AvgIpc) is 3.07. The van der Waals surface area contributed by atoms with Crippen LogP contribution in [0, 0.1) is 13.8 Å². The zero-order valence-electron chi connectivity index (χ0n) is 17.8. The minimum Gasteiger partial charge on any atom is -0.349 e. The second-order valence-electron chi connectivity index (χ2n) is 8.02. The van der Waals surface area contributed by atoms with Crippen molar-refractivity contribution in [2.45, 2.75) is 46.1 Å². The van der Waals surface area contributed by atoms with Gasteiger partial charge in [-0.15, -0.1) is 0 Å². The van der Waals surface area contributed by atoms with Crippen molar-refractivity contribution in [1.29, 1.82) is 0 Å². The average molecular weight is 398 g/mol. The van der Waals surface area contributed by atoms with Gasteiger partial charge in [-0.1, -0.05) is 17.7 Å². The third kappa shape index (κ3) is 5.03. The highest BCUT2D eigenvalue weighted by Gasteiger charge is 2.27. The minimum absolute atomic E-state index is 0.211. The van der Waals surface area contributed by atoms with Gasteiger partial charge in [-0.05, 0) is 71.8 Å². The highest BCUT2D eigenvalue weighted by molar-refractivity contribution is 6.05. The fourth-order valence-corrected chi connectivity index (χ4v) is 3.71. The Bertz CT molecular complexity index is 901. The van der Waals surface area contributed by atoms with Gasteiger partial charge in [-0.3, -0.25) is 9.59 Å². The number of rotatable bonds is 7. The van der Waals surface area contributed by atoms with Gasteiger partial charge in [0.05, 0.1) is 5.69 Å². The van der Waals surface area contributed by atoms with Crippen molar-refractivity contribution in [1.82, 2.24) is 19.8 Å². The van der Waals surface area contributed by atoms with Crippen molar-refractivity contribution in [3.63, 3.8) is 0 Å². The third-order valence-corrected chi connectivity index (χ3v) is 5.23. The highest BCUT2D eigenvalue weighted by atomic mass is 16.2. The van der Waals surface area contributed by atoms with Crippen molar-refractivity contribution >= 4 is 17.5 Å². The van der Waals surface area contributed by atoms with Gasteiger partial charge >= 0.3 is 0 Å². The smallest absolute Gasteiger partial charge is 0.287 e. The van der Waals surface area contributed by atoms with Gasteiger partial charge in [0.2, 0.25) is 0 Å². The second-order valence-corrected chi connectivity index (χ2v) is 8.02. The summed E-state index contributed by atoms with van der Waals surface area (Å²) in [6, 6.07) is 5.91. The number of imidazole rings is 1. The van der Waals surface area contributed by atoms with Gasteiger partial charge in [-0.2, -0.15) is 0 Å². The molecule has 2 heterocycles. The van der Waals surface area contributed by atoms with Crippen LogP contribution in [-0.4, -0.2) is 53.5 Å². The number of carbonyl (C=O) groups excluding carboxylic acids is 2. The maximum Gasteiger partial charge on any atom is 0.287 e. The monoisotopic (exact) mass is 397 g/mol. The number of hydrogen-bond acceptors (Lipinski definition) is 4. The number of anilines is 1. The van der Waals surface area contributed by atoms with E-state index < -0.39 is 0 Å². The van der Waals surface area contributed by atoms with E-state index in [9.17, 15) is 9.59 Å². The number of carbonyl (C=O) groups is 2. The summed E-state index contributed by atoms with van der Waals surface area (Å²) in [6.45, 7) is 6.21. The summed E-state index contributed by atoms with van der Waals surface area (Å²) in [4.78, 5) is 32.2. The molecule has 2 amide bonds. The first-order valence-corrected chi connectivity index (χ1v) is 10.3. The summed E-state index contributed by atoms with van der Waals surface area (Å²) in [5, 5.41) is 5.91. The first-order valence-electron chi connectivity index (χ1n) is 10.3. The number of fused-ring (bicyclic) bond motifs is 1. The Morgan fingerprint density at radius 2 is 1.97 bits per heavy atom.